The van der Waals surface area contributed by atoms with Crippen LogP contribution < -0.4 is 0 Å². The molecule has 36 heavy (non-hydrogen) atoms. The van der Waals surface area contributed by atoms with Crippen molar-refractivity contribution in [1.82, 2.24) is 4.90 Å². The van der Waals surface area contributed by atoms with Gasteiger partial charge in [-0.05, 0) is 56.8 Å². The van der Waals surface area contributed by atoms with Gasteiger partial charge in [-0.2, -0.15) is 0 Å². The molecule has 0 saturated carbocycles. The zero-order chi connectivity index (χ0) is 26.0. The fraction of sp³-hybridized carbons (Fsp3) is 0.710. The Morgan fingerprint density at radius 2 is 1.64 bits per heavy atom. The Morgan fingerprint density at radius 1 is 0.944 bits per heavy atom. The number of rotatable bonds is 16. The Bertz CT molecular complexity index is 711. The molecule has 5 heteroatoms. The second-order valence-electron chi connectivity index (χ2n) is 9.84. The number of aliphatic imine (C=N–C) groups is 1. The maximum atomic E-state index is 6.53. The standard InChI is InChI=1S/C31H52N2O3/c1-6-10-22-34-24-29(25-35-23-11-7-2)36-31-14-12-13-21-32-30(20-15-26(31)5)27-16-18-28(19-17-27)33(8-3)9-4/h12-13,15-16,18,20,27-29,31H,5-11,14,17,19,21-25H2,1-4H3/b13-12-,20-15-,32-30?/t27-,28+,31+/m0/s1. The van der Waals surface area contributed by atoms with E-state index >= 15 is 0 Å². The first-order valence-electron chi connectivity index (χ1n) is 14.4. The van der Waals surface area contributed by atoms with Gasteiger partial charge in [-0.1, -0.05) is 77.5 Å². The third-order valence-electron chi connectivity index (χ3n) is 7.03. The van der Waals surface area contributed by atoms with E-state index in [2.05, 4.69) is 75.6 Å². The summed E-state index contributed by atoms with van der Waals surface area (Å²) in [5, 5.41) is 0. The van der Waals surface area contributed by atoms with Crippen LogP contribution in [0.2, 0.25) is 0 Å². The molecule has 0 aromatic heterocycles. The van der Waals surface area contributed by atoms with Crippen LogP contribution >= 0.6 is 0 Å². The van der Waals surface area contributed by atoms with E-state index in [1.54, 1.807) is 0 Å². The molecule has 1 heterocycles. The topological polar surface area (TPSA) is 43.3 Å². The van der Waals surface area contributed by atoms with Crippen LogP contribution in [0.25, 0.3) is 0 Å². The van der Waals surface area contributed by atoms with Crippen molar-refractivity contribution in [2.45, 2.75) is 90.9 Å². The van der Waals surface area contributed by atoms with E-state index in [0.717, 1.165) is 76.1 Å². The van der Waals surface area contributed by atoms with Gasteiger partial charge in [-0.3, -0.25) is 9.89 Å². The Kier molecular flexibility index (Phi) is 15.9. The lowest BCUT2D eigenvalue weighted by Gasteiger charge is -2.31. The van der Waals surface area contributed by atoms with Crippen molar-refractivity contribution in [1.29, 1.82) is 0 Å². The molecule has 0 N–H and O–H groups in total. The Morgan fingerprint density at radius 3 is 2.22 bits per heavy atom. The summed E-state index contributed by atoms with van der Waals surface area (Å²) in [7, 11) is 0. The smallest absolute Gasteiger partial charge is 0.105 e. The van der Waals surface area contributed by atoms with Crippen LogP contribution in [0.15, 0.2) is 53.6 Å². The summed E-state index contributed by atoms with van der Waals surface area (Å²) in [5.41, 5.74) is 2.11. The molecule has 0 amide bonds. The lowest BCUT2D eigenvalue weighted by molar-refractivity contribution is -0.0803. The van der Waals surface area contributed by atoms with E-state index in [0.29, 0.717) is 31.7 Å². The molecule has 0 unspecified atom stereocenters. The van der Waals surface area contributed by atoms with E-state index in [1.165, 1.54) is 6.42 Å². The van der Waals surface area contributed by atoms with E-state index in [1.807, 2.05) is 0 Å². The van der Waals surface area contributed by atoms with Gasteiger partial charge in [-0.15, -0.1) is 0 Å². The highest BCUT2D eigenvalue weighted by molar-refractivity contribution is 5.98. The van der Waals surface area contributed by atoms with Gasteiger partial charge in [0, 0.05) is 30.9 Å². The molecule has 2 rings (SSSR count). The van der Waals surface area contributed by atoms with Gasteiger partial charge in [-0.25, -0.2) is 0 Å². The molecule has 0 fully saturated rings. The van der Waals surface area contributed by atoms with Crippen molar-refractivity contribution in [3.05, 3.63) is 48.6 Å². The first-order chi connectivity index (χ1) is 17.6. The summed E-state index contributed by atoms with van der Waals surface area (Å²) in [6, 6.07) is 0.545. The van der Waals surface area contributed by atoms with Gasteiger partial charge in [0.1, 0.15) is 6.10 Å². The van der Waals surface area contributed by atoms with E-state index in [-0.39, 0.29) is 12.2 Å². The number of likely N-dealkylation sites (N-methyl/N-ethyl adjacent to an activating group) is 1. The van der Waals surface area contributed by atoms with Gasteiger partial charge in [0.25, 0.3) is 0 Å². The number of ether oxygens (including phenoxy) is 3. The van der Waals surface area contributed by atoms with Gasteiger partial charge >= 0.3 is 0 Å². The highest BCUT2D eigenvalue weighted by Crippen LogP contribution is 2.24. The van der Waals surface area contributed by atoms with Crippen molar-refractivity contribution < 1.29 is 14.2 Å². The predicted molar refractivity (Wildman–Crippen MR) is 153 cm³/mol. The van der Waals surface area contributed by atoms with Crippen molar-refractivity contribution >= 4 is 5.71 Å². The molecule has 0 radical (unpaired) electrons. The summed E-state index contributed by atoms with van der Waals surface area (Å²) >= 11 is 0. The van der Waals surface area contributed by atoms with Crippen LogP contribution in [0.3, 0.4) is 0 Å². The minimum absolute atomic E-state index is 0.0969. The third kappa shape index (κ3) is 11.2. The Hall–Kier alpha value is -1.53. The number of nitrogens with zero attached hydrogens (tertiary/aromatic N) is 2. The average Bonchev–Trinajstić information content (AvgIpc) is 2.90. The molecule has 2 aliphatic rings. The second kappa shape index (κ2) is 18.7. The van der Waals surface area contributed by atoms with Gasteiger partial charge in [0.05, 0.1) is 25.9 Å². The minimum Gasteiger partial charge on any atom is -0.379 e. The number of allylic oxidation sites excluding steroid dienone is 2. The molecular weight excluding hydrogens is 448 g/mol. The van der Waals surface area contributed by atoms with Gasteiger partial charge < -0.3 is 14.2 Å². The van der Waals surface area contributed by atoms with Crippen LogP contribution in [-0.2, 0) is 14.2 Å². The zero-order valence-corrected chi connectivity index (χ0v) is 23.5. The molecule has 1 aliphatic heterocycles. The first kappa shape index (κ1) is 30.7. The van der Waals surface area contributed by atoms with Crippen molar-refractivity contribution in [3.8, 4) is 0 Å². The summed E-state index contributed by atoms with van der Waals surface area (Å²) in [6.07, 6.45) is 20.6. The minimum atomic E-state index is -0.100. The van der Waals surface area contributed by atoms with Gasteiger partial charge in [0.15, 0.2) is 0 Å². The molecule has 1 aliphatic carbocycles. The second-order valence-corrected chi connectivity index (χ2v) is 9.84. The third-order valence-corrected chi connectivity index (χ3v) is 7.03. The summed E-state index contributed by atoms with van der Waals surface area (Å²) in [6.45, 7) is 18.7. The normalized spacial score (nSPS) is 24.8. The molecule has 0 bridgehead atoms. The number of hydrogen-bond acceptors (Lipinski definition) is 5. The molecule has 0 aromatic rings. The zero-order valence-electron chi connectivity index (χ0n) is 23.5. The van der Waals surface area contributed by atoms with Crippen LogP contribution in [0, 0.1) is 5.92 Å². The highest BCUT2D eigenvalue weighted by Gasteiger charge is 2.23. The van der Waals surface area contributed by atoms with Gasteiger partial charge in [0.2, 0.25) is 0 Å². The van der Waals surface area contributed by atoms with Crippen LogP contribution in [0.4, 0.5) is 0 Å². The van der Waals surface area contributed by atoms with Crippen molar-refractivity contribution in [3.63, 3.8) is 0 Å². The maximum Gasteiger partial charge on any atom is 0.105 e. The summed E-state index contributed by atoms with van der Waals surface area (Å²) in [4.78, 5) is 7.44. The lowest BCUT2D eigenvalue weighted by atomic mass is 9.87. The molecule has 3 atom stereocenters. The van der Waals surface area contributed by atoms with Crippen LogP contribution in [0.5, 0.6) is 0 Å². The van der Waals surface area contributed by atoms with E-state index in [4.69, 9.17) is 19.2 Å². The monoisotopic (exact) mass is 500 g/mol. The molecule has 204 valence electrons. The van der Waals surface area contributed by atoms with Crippen LogP contribution in [0.1, 0.15) is 72.6 Å². The predicted octanol–water partition coefficient (Wildman–Crippen LogP) is 6.56. The van der Waals surface area contributed by atoms with Crippen molar-refractivity contribution in [2.75, 3.05) is 46.1 Å². The molecule has 0 aromatic carbocycles. The molecule has 0 spiro atoms. The highest BCUT2D eigenvalue weighted by atomic mass is 16.6. The van der Waals surface area contributed by atoms with E-state index in [9.17, 15) is 0 Å². The summed E-state index contributed by atoms with van der Waals surface area (Å²) in [5.74, 6) is 0.361. The fourth-order valence-electron chi connectivity index (χ4n) is 4.67. The maximum absolute atomic E-state index is 6.53. The Labute approximate surface area is 221 Å². The Balaban J connectivity index is 2.03. The fourth-order valence-corrected chi connectivity index (χ4v) is 4.67. The molecule has 0 saturated heterocycles. The SMILES string of the molecule is C=C1/C=C\C([C@H]2C=C[C@@H](N(CC)CC)CC2)=NC/C=C\C[C@H]1OC(COCCCC)COCCCC. The summed E-state index contributed by atoms with van der Waals surface area (Å²) < 4.78 is 18.3. The van der Waals surface area contributed by atoms with Crippen LogP contribution in [-0.4, -0.2) is 74.9 Å². The van der Waals surface area contributed by atoms with Crippen molar-refractivity contribution in [2.24, 2.45) is 10.9 Å². The van der Waals surface area contributed by atoms with E-state index < -0.39 is 0 Å². The largest absolute Gasteiger partial charge is 0.379 e. The lowest BCUT2D eigenvalue weighted by Crippen LogP contribution is -2.36. The molecular formula is C31H52N2O3. The quantitative estimate of drug-likeness (QED) is 0.178. The average molecular weight is 501 g/mol. The number of hydrogen-bond donors (Lipinski definition) is 0. The molecule has 5 nitrogen and oxygen atoms in total. The first-order valence-corrected chi connectivity index (χ1v) is 14.4. The number of unbranched alkanes of at least 4 members (excludes halogenated alkanes) is 2.